The number of likely N-dealkylation sites (tertiary alicyclic amines) is 1. The molecule has 1 rings (SSSR count). The Kier molecular flexibility index (Phi) is 5.76. The van der Waals surface area contributed by atoms with Gasteiger partial charge in [0.25, 0.3) is 0 Å². The predicted octanol–water partition coefficient (Wildman–Crippen LogP) is -0.263. The standard InChI is InChI=1S/C14H25N3O5/c1-8(18)10(11(15)19)16-12(20)9-6-5-7-17(9)13(21)22-14(2,3)4/h8-10,18H,5-7H2,1-4H3,(H2,15,19)(H,16,20)/t8?,9-,10?/m0/s1. The summed E-state index contributed by atoms with van der Waals surface area (Å²) in [4.78, 5) is 36.9. The van der Waals surface area contributed by atoms with E-state index in [1.165, 1.54) is 11.8 Å². The lowest BCUT2D eigenvalue weighted by Crippen LogP contribution is -2.56. The van der Waals surface area contributed by atoms with E-state index >= 15 is 0 Å². The average molecular weight is 315 g/mol. The zero-order valence-electron chi connectivity index (χ0n) is 13.5. The molecule has 0 bridgehead atoms. The van der Waals surface area contributed by atoms with Gasteiger partial charge in [0.15, 0.2) is 0 Å². The second kappa shape index (κ2) is 6.95. The van der Waals surface area contributed by atoms with Crippen LogP contribution in [0.15, 0.2) is 0 Å². The third-order valence-corrected chi connectivity index (χ3v) is 3.27. The molecule has 0 spiro atoms. The van der Waals surface area contributed by atoms with Crippen molar-refractivity contribution >= 4 is 17.9 Å². The predicted molar refractivity (Wildman–Crippen MR) is 78.8 cm³/mol. The van der Waals surface area contributed by atoms with E-state index in [9.17, 15) is 19.5 Å². The summed E-state index contributed by atoms with van der Waals surface area (Å²) >= 11 is 0. The highest BCUT2D eigenvalue weighted by atomic mass is 16.6. The number of hydrogen-bond donors (Lipinski definition) is 3. The molecule has 3 atom stereocenters. The summed E-state index contributed by atoms with van der Waals surface area (Å²) in [6.07, 6.45) is -0.556. The Bertz CT molecular complexity index is 444. The number of rotatable bonds is 4. The minimum Gasteiger partial charge on any atom is -0.444 e. The molecule has 0 aromatic rings. The Hall–Kier alpha value is -1.83. The molecule has 2 unspecified atom stereocenters. The number of amides is 3. The van der Waals surface area contributed by atoms with Crippen molar-refractivity contribution in [3.63, 3.8) is 0 Å². The summed E-state index contributed by atoms with van der Waals surface area (Å²) in [6.45, 7) is 6.99. The number of carbonyl (C=O) groups is 3. The number of aliphatic hydroxyl groups is 1. The fourth-order valence-electron chi connectivity index (χ4n) is 2.26. The molecule has 126 valence electrons. The van der Waals surface area contributed by atoms with Crippen LogP contribution in [0.5, 0.6) is 0 Å². The fourth-order valence-corrected chi connectivity index (χ4v) is 2.26. The normalized spacial score (nSPS) is 21.1. The smallest absolute Gasteiger partial charge is 0.410 e. The average Bonchev–Trinajstić information content (AvgIpc) is 2.81. The molecule has 1 saturated heterocycles. The first-order valence-electron chi connectivity index (χ1n) is 7.30. The van der Waals surface area contributed by atoms with E-state index in [1.807, 2.05) is 0 Å². The lowest BCUT2D eigenvalue weighted by molar-refractivity contribution is -0.132. The summed E-state index contributed by atoms with van der Waals surface area (Å²) in [5.74, 6) is -1.35. The number of nitrogens with zero attached hydrogens (tertiary/aromatic N) is 1. The first-order valence-corrected chi connectivity index (χ1v) is 7.30. The van der Waals surface area contributed by atoms with Gasteiger partial charge in [-0.05, 0) is 40.5 Å². The number of hydrogen-bond acceptors (Lipinski definition) is 5. The molecule has 1 fully saturated rings. The van der Waals surface area contributed by atoms with Gasteiger partial charge in [-0.25, -0.2) is 4.79 Å². The second-order valence-corrected chi connectivity index (χ2v) is 6.46. The SMILES string of the molecule is CC(O)C(NC(=O)[C@@H]1CCCN1C(=O)OC(C)(C)C)C(N)=O. The number of aliphatic hydroxyl groups excluding tert-OH is 1. The molecule has 1 heterocycles. The highest BCUT2D eigenvalue weighted by molar-refractivity contribution is 5.91. The van der Waals surface area contributed by atoms with Crippen LogP contribution >= 0.6 is 0 Å². The van der Waals surface area contributed by atoms with Crippen LogP contribution < -0.4 is 11.1 Å². The number of primary amides is 1. The Morgan fingerprint density at radius 2 is 1.95 bits per heavy atom. The third-order valence-electron chi connectivity index (χ3n) is 3.27. The van der Waals surface area contributed by atoms with Gasteiger partial charge in [-0.3, -0.25) is 14.5 Å². The molecule has 22 heavy (non-hydrogen) atoms. The van der Waals surface area contributed by atoms with Crippen molar-refractivity contribution in [2.24, 2.45) is 5.73 Å². The van der Waals surface area contributed by atoms with Gasteiger partial charge in [0.1, 0.15) is 17.7 Å². The molecule has 8 nitrogen and oxygen atoms in total. The van der Waals surface area contributed by atoms with Gasteiger partial charge in [0, 0.05) is 6.54 Å². The maximum absolute atomic E-state index is 12.3. The van der Waals surface area contributed by atoms with E-state index < -0.39 is 41.7 Å². The van der Waals surface area contributed by atoms with Crippen LogP contribution in [0.4, 0.5) is 4.79 Å². The van der Waals surface area contributed by atoms with Crippen LogP contribution in [-0.4, -0.2) is 58.2 Å². The van der Waals surface area contributed by atoms with Crippen molar-refractivity contribution in [3.8, 4) is 0 Å². The molecular weight excluding hydrogens is 290 g/mol. The molecule has 1 aliphatic rings. The number of carbonyl (C=O) groups excluding carboxylic acids is 3. The molecule has 1 aliphatic heterocycles. The maximum atomic E-state index is 12.3. The molecule has 0 saturated carbocycles. The molecule has 0 radical (unpaired) electrons. The minimum atomic E-state index is -1.19. The van der Waals surface area contributed by atoms with Gasteiger partial charge in [-0.1, -0.05) is 0 Å². The third kappa shape index (κ3) is 4.87. The maximum Gasteiger partial charge on any atom is 0.410 e. The van der Waals surface area contributed by atoms with E-state index in [-0.39, 0.29) is 0 Å². The van der Waals surface area contributed by atoms with Crippen LogP contribution in [0.25, 0.3) is 0 Å². The van der Waals surface area contributed by atoms with Crippen LogP contribution in [0.1, 0.15) is 40.5 Å². The molecule has 3 amide bonds. The monoisotopic (exact) mass is 315 g/mol. The zero-order chi connectivity index (χ0) is 17.1. The second-order valence-electron chi connectivity index (χ2n) is 6.46. The molecule has 4 N–H and O–H groups in total. The van der Waals surface area contributed by atoms with Crippen LogP contribution in [0, 0.1) is 0 Å². The Morgan fingerprint density at radius 3 is 2.41 bits per heavy atom. The topological polar surface area (TPSA) is 122 Å². The van der Waals surface area contributed by atoms with Crippen molar-refractivity contribution in [3.05, 3.63) is 0 Å². The highest BCUT2D eigenvalue weighted by Gasteiger charge is 2.38. The van der Waals surface area contributed by atoms with Crippen LogP contribution in [0.3, 0.4) is 0 Å². The summed E-state index contributed by atoms with van der Waals surface area (Å²) < 4.78 is 5.27. The summed E-state index contributed by atoms with van der Waals surface area (Å²) in [7, 11) is 0. The number of nitrogens with one attached hydrogen (secondary N) is 1. The van der Waals surface area contributed by atoms with Crippen LogP contribution in [-0.2, 0) is 14.3 Å². The first kappa shape index (κ1) is 18.2. The van der Waals surface area contributed by atoms with E-state index in [1.54, 1.807) is 20.8 Å². The van der Waals surface area contributed by atoms with Gasteiger partial charge in [-0.2, -0.15) is 0 Å². The molecule has 0 aromatic heterocycles. The van der Waals surface area contributed by atoms with Gasteiger partial charge in [0.2, 0.25) is 11.8 Å². The van der Waals surface area contributed by atoms with Crippen molar-refractivity contribution in [2.45, 2.75) is 64.3 Å². The summed E-state index contributed by atoms with van der Waals surface area (Å²) in [6, 6.07) is -1.91. The molecule has 8 heteroatoms. The summed E-state index contributed by atoms with van der Waals surface area (Å²) in [5.41, 5.74) is 4.49. The van der Waals surface area contributed by atoms with Gasteiger partial charge >= 0.3 is 6.09 Å². The molecule has 0 aliphatic carbocycles. The largest absolute Gasteiger partial charge is 0.444 e. The van der Waals surface area contributed by atoms with E-state index in [4.69, 9.17) is 10.5 Å². The van der Waals surface area contributed by atoms with E-state index in [0.717, 1.165) is 0 Å². The quantitative estimate of drug-likeness (QED) is 0.659. The van der Waals surface area contributed by atoms with Crippen molar-refractivity contribution < 1.29 is 24.2 Å². The lowest BCUT2D eigenvalue weighted by Gasteiger charge is -2.29. The Morgan fingerprint density at radius 1 is 1.36 bits per heavy atom. The van der Waals surface area contributed by atoms with Crippen LogP contribution in [0.2, 0.25) is 0 Å². The number of ether oxygens (including phenoxy) is 1. The van der Waals surface area contributed by atoms with Crippen molar-refractivity contribution in [2.75, 3.05) is 6.54 Å². The van der Waals surface area contributed by atoms with Crippen molar-refractivity contribution in [1.29, 1.82) is 0 Å². The lowest BCUT2D eigenvalue weighted by atomic mass is 10.1. The fraction of sp³-hybridized carbons (Fsp3) is 0.786. The van der Waals surface area contributed by atoms with Gasteiger partial charge < -0.3 is 20.9 Å². The molecule has 0 aromatic carbocycles. The van der Waals surface area contributed by atoms with E-state index in [0.29, 0.717) is 19.4 Å². The highest BCUT2D eigenvalue weighted by Crippen LogP contribution is 2.21. The Balaban J connectivity index is 2.75. The first-order chi connectivity index (χ1) is 10.0. The Labute approximate surface area is 130 Å². The van der Waals surface area contributed by atoms with Crippen molar-refractivity contribution in [1.82, 2.24) is 10.2 Å². The summed E-state index contributed by atoms with van der Waals surface area (Å²) in [5, 5.41) is 11.9. The van der Waals surface area contributed by atoms with Gasteiger partial charge in [0.05, 0.1) is 6.10 Å². The van der Waals surface area contributed by atoms with Gasteiger partial charge in [-0.15, -0.1) is 0 Å². The van der Waals surface area contributed by atoms with E-state index in [2.05, 4.69) is 5.32 Å². The number of nitrogens with two attached hydrogens (primary N) is 1. The zero-order valence-corrected chi connectivity index (χ0v) is 13.5. The molecular formula is C14H25N3O5. The minimum absolute atomic E-state index is 0.406.